The van der Waals surface area contributed by atoms with E-state index in [1.807, 2.05) is 0 Å². The predicted molar refractivity (Wildman–Crippen MR) is 68.4 cm³/mol. The molecule has 0 radical (unpaired) electrons. The van der Waals surface area contributed by atoms with Gasteiger partial charge in [-0.05, 0) is 37.4 Å². The van der Waals surface area contributed by atoms with Gasteiger partial charge in [-0.2, -0.15) is 8.42 Å². The standard InChI is InChI=1S/C11H12ClNO5S.K/c1-6(14)5-10(15)13-9-4-3-8(12)11(7(9)2)19(16,17)18;/h3-4H,5H2,1-2H3,(H,13,15)(H,16,17,18);/q;+1/p-1. The second-order valence-electron chi connectivity index (χ2n) is 3.88. The Morgan fingerprint density at radius 2 is 2.00 bits per heavy atom. The second kappa shape index (κ2) is 7.99. The van der Waals surface area contributed by atoms with Crippen LogP contribution in [0.2, 0.25) is 5.02 Å². The van der Waals surface area contributed by atoms with E-state index in [0.29, 0.717) is 0 Å². The van der Waals surface area contributed by atoms with Crippen LogP contribution in [-0.4, -0.2) is 24.7 Å². The minimum atomic E-state index is -4.52. The number of Topliss-reactive ketones (excluding diaryl/α,β-unsaturated/α-hetero) is 1. The van der Waals surface area contributed by atoms with Crippen molar-refractivity contribution in [2.75, 3.05) is 0 Å². The molecule has 1 rings (SSSR count). The average molecular weight is 344 g/mol. The van der Waals surface area contributed by atoms with Gasteiger partial charge in [0.15, 0.2) is 0 Å². The summed E-state index contributed by atoms with van der Waals surface area (Å²) >= 11 is 5.69. The van der Waals surface area contributed by atoms with Crippen LogP contribution < -0.4 is 56.5 Å². The molecule has 0 aromatic heterocycles. The van der Waals surface area contributed by atoms with Crippen LogP contribution in [0.5, 0.6) is 0 Å². The summed E-state index contributed by atoms with van der Waals surface area (Å²) in [6.45, 7) is 2.60. The van der Waals surface area contributed by atoms with Crippen molar-refractivity contribution in [3.63, 3.8) is 0 Å². The van der Waals surface area contributed by atoms with Crippen molar-refractivity contribution >= 4 is 39.1 Å². The number of rotatable bonds is 4. The number of nitrogens with zero attached hydrogens (tertiary/aromatic N) is 1. The molecule has 0 heterocycles. The van der Waals surface area contributed by atoms with Crippen LogP contribution in [0.4, 0.5) is 5.69 Å². The number of carbonyl (C=O) groups is 1. The molecule has 6 nitrogen and oxygen atoms in total. The van der Waals surface area contributed by atoms with Gasteiger partial charge in [0.05, 0.1) is 10.7 Å². The van der Waals surface area contributed by atoms with Crippen molar-refractivity contribution < 1.29 is 74.3 Å². The van der Waals surface area contributed by atoms with Gasteiger partial charge in [-0.3, -0.25) is 14.3 Å². The number of benzene rings is 1. The minimum absolute atomic E-state index is 0. The molecule has 0 amide bonds. The molecule has 0 aliphatic carbocycles. The first-order valence-electron chi connectivity index (χ1n) is 5.13. The number of hydrogen-bond acceptors (Lipinski definition) is 5. The van der Waals surface area contributed by atoms with Gasteiger partial charge < -0.3 is 5.11 Å². The molecule has 0 aliphatic heterocycles. The summed E-state index contributed by atoms with van der Waals surface area (Å²) < 4.78 is 31.4. The van der Waals surface area contributed by atoms with E-state index < -0.39 is 20.9 Å². The summed E-state index contributed by atoms with van der Waals surface area (Å²) in [5, 5.41) is 11.2. The van der Waals surface area contributed by atoms with Gasteiger partial charge in [0.2, 0.25) is 0 Å². The molecule has 9 heteroatoms. The molecule has 0 fully saturated rings. The molecule has 1 aromatic carbocycles. The first-order valence-corrected chi connectivity index (χ1v) is 6.95. The Labute approximate surface area is 164 Å². The zero-order valence-corrected chi connectivity index (χ0v) is 15.9. The molecule has 0 saturated heterocycles. The summed E-state index contributed by atoms with van der Waals surface area (Å²) in [7, 11) is -4.52. The summed E-state index contributed by atoms with van der Waals surface area (Å²) in [4.78, 5) is 13.9. The molecule has 0 spiro atoms. The largest absolute Gasteiger partial charge is 1.00 e. The zero-order valence-electron chi connectivity index (χ0n) is 11.2. The van der Waals surface area contributed by atoms with E-state index in [9.17, 15) is 18.3 Å². The quantitative estimate of drug-likeness (QED) is 0.302. The number of aliphatic imine (C=N–C) groups is 1. The third kappa shape index (κ3) is 5.53. The Balaban J connectivity index is 0.00000361. The van der Waals surface area contributed by atoms with E-state index in [1.165, 1.54) is 26.0 Å². The fourth-order valence-electron chi connectivity index (χ4n) is 1.47. The first kappa shape index (κ1) is 20.2. The summed E-state index contributed by atoms with van der Waals surface area (Å²) in [5.74, 6) is -1.05. The van der Waals surface area contributed by atoms with E-state index in [4.69, 9.17) is 16.2 Å². The molecule has 20 heavy (non-hydrogen) atoms. The average Bonchev–Trinajstić information content (AvgIpc) is 2.19. The van der Waals surface area contributed by atoms with Crippen LogP contribution in [0, 0.1) is 6.92 Å². The minimum Gasteiger partial charge on any atom is -0.861 e. The van der Waals surface area contributed by atoms with Crippen LogP contribution >= 0.6 is 11.6 Å². The Hall–Kier alpha value is 0.196. The van der Waals surface area contributed by atoms with Gasteiger partial charge >= 0.3 is 51.4 Å². The third-order valence-electron chi connectivity index (χ3n) is 2.23. The Kier molecular flexibility index (Phi) is 8.07. The molecule has 0 atom stereocenters. The van der Waals surface area contributed by atoms with Crippen LogP contribution in [-0.2, 0) is 14.9 Å². The number of carbonyl (C=O) groups excluding carboxylic acids is 1. The van der Waals surface area contributed by atoms with Crippen LogP contribution in [0.1, 0.15) is 18.9 Å². The first-order chi connectivity index (χ1) is 8.62. The monoisotopic (exact) mass is 343 g/mol. The van der Waals surface area contributed by atoms with Crippen LogP contribution in [0.25, 0.3) is 0 Å². The fourth-order valence-corrected chi connectivity index (χ4v) is 2.78. The predicted octanol–water partition coefficient (Wildman–Crippen LogP) is -1.73. The van der Waals surface area contributed by atoms with Crippen LogP contribution in [0.15, 0.2) is 22.0 Å². The van der Waals surface area contributed by atoms with Gasteiger partial charge in [0.1, 0.15) is 10.7 Å². The van der Waals surface area contributed by atoms with E-state index in [0.717, 1.165) is 0 Å². The van der Waals surface area contributed by atoms with E-state index in [1.54, 1.807) is 0 Å². The molecule has 0 bridgehead atoms. The Bertz CT molecular complexity index is 657. The van der Waals surface area contributed by atoms with E-state index in [-0.39, 0.29) is 79.9 Å². The van der Waals surface area contributed by atoms with E-state index >= 15 is 0 Å². The molecule has 1 aromatic rings. The summed E-state index contributed by atoms with van der Waals surface area (Å²) in [6, 6.07) is 2.54. The molecule has 0 aliphatic rings. The topological polar surface area (TPSA) is 107 Å². The van der Waals surface area contributed by atoms with Gasteiger partial charge in [-0.1, -0.05) is 11.6 Å². The molecule has 0 saturated carbocycles. The number of hydrogen-bond donors (Lipinski definition) is 1. The summed E-state index contributed by atoms with van der Waals surface area (Å²) in [5.41, 5.74) is 0.0928. The Morgan fingerprint density at radius 1 is 1.45 bits per heavy atom. The van der Waals surface area contributed by atoms with Gasteiger partial charge in [-0.15, -0.1) is 0 Å². The van der Waals surface area contributed by atoms with Crippen molar-refractivity contribution in [3.8, 4) is 0 Å². The van der Waals surface area contributed by atoms with Crippen molar-refractivity contribution in [1.82, 2.24) is 0 Å². The number of halogens is 1. The molecular weight excluding hydrogens is 333 g/mol. The van der Waals surface area contributed by atoms with E-state index in [2.05, 4.69) is 4.99 Å². The molecule has 1 N–H and O–H groups in total. The fraction of sp³-hybridized carbons (Fsp3) is 0.273. The van der Waals surface area contributed by atoms with Gasteiger partial charge in [-0.25, -0.2) is 0 Å². The smallest absolute Gasteiger partial charge is 0.861 e. The maximum absolute atomic E-state index is 11.4. The Morgan fingerprint density at radius 3 is 2.45 bits per heavy atom. The molecule has 104 valence electrons. The van der Waals surface area contributed by atoms with Crippen LogP contribution in [0.3, 0.4) is 0 Å². The van der Waals surface area contributed by atoms with Gasteiger partial charge in [0.25, 0.3) is 10.1 Å². The maximum Gasteiger partial charge on any atom is 1.00 e. The zero-order chi connectivity index (χ0) is 14.8. The summed E-state index contributed by atoms with van der Waals surface area (Å²) in [6.07, 6.45) is -0.372. The molecule has 0 unspecified atom stereocenters. The van der Waals surface area contributed by atoms with Gasteiger partial charge in [0, 0.05) is 6.42 Å². The maximum atomic E-state index is 11.4. The third-order valence-corrected chi connectivity index (χ3v) is 3.70. The van der Waals surface area contributed by atoms with Crippen molar-refractivity contribution in [1.29, 1.82) is 0 Å². The van der Waals surface area contributed by atoms with Crippen molar-refractivity contribution in [2.45, 2.75) is 25.2 Å². The van der Waals surface area contributed by atoms with Crippen molar-refractivity contribution in [3.05, 3.63) is 22.7 Å². The second-order valence-corrected chi connectivity index (χ2v) is 5.65. The number of ketones is 1. The normalized spacial score (nSPS) is 11.9. The van der Waals surface area contributed by atoms with Crippen molar-refractivity contribution in [2.24, 2.45) is 4.99 Å². The molecular formula is C11H11ClKNO5S. The SMILES string of the molecule is CC(=O)CC([O-])=Nc1ccc(Cl)c(S(=O)(=O)O)c1C.[K+].